The first-order chi connectivity index (χ1) is 15.4. The van der Waals surface area contributed by atoms with Crippen molar-refractivity contribution in [2.24, 2.45) is 0 Å². The first-order valence-corrected chi connectivity index (χ1v) is 12.3. The number of ether oxygens (including phenoxy) is 1. The van der Waals surface area contributed by atoms with E-state index in [4.69, 9.17) is 4.74 Å². The van der Waals surface area contributed by atoms with Gasteiger partial charge in [-0.1, -0.05) is 6.07 Å². The number of anilines is 2. The largest absolute Gasteiger partial charge is 0.484 e. The lowest BCUT2D eigenvalue weighted by molar-refractivity contribution is -0.133. The molecule has 3 heterocycles. The summed E-state index contributed by atoms with van der Waals surface area (Å²) in [6.45, 7) is 2.39. The number of nitrogens with zero attached hydrogens (tertiary/aromatic N) is 5. The van der Waals surface area contributed by atoms with Gasteiger partial charge in [0, 0.05) is 45.6 Å². The van der Waals surface area contributed by atoms with E-state index in [1.165, 1.54) is 22.7 Å². The van der Waals surface area contributed by atoms with E-state index in [-0.39, 0.29) is 16.7 Å². The Kier molecular flexibility index (Phi) is 6.56. The van der Waals surface area contributed by atoms with E-state index in [1.807, 2.05) is 4.90 Å². The van der Waals surface area contributed by atoms with Crippen molar-refractivity contribution >= 4 is 38.9 Å². The van der Waals surface area contributed by atoms with Crippen LogP contribution in [0.15, 0.2) is 64.4 Å². The van der Waals surface area contributed by atoms with Crippen molar-refractivity contribution in [3.63, 3.8) is 0 Å². The van der Waals surface area contributed by atoms with Crippen molar-refractivity contribution in [1.82, 2.24) is 14.9 Å². The van der Waals surface area contributed by atoms with Gasteiger partial charge in [-0.15, -0.1) is 11.3 Å². The van der Waals surface area contributed by atoms with Gasteiger partial charge in [-0.05, 0) is 41.8 Å². The Labute approximate surface area is 190 Å². The Morgan fingerprint density at radius 1 is 1.06 bits per heavy atom. The predicted molar refractivity (Wildman–Crippen MR) is 123 cm³/mol. The summed E-state index contributed by atoms with van der Waals surface area (Å²) in [6.07, 6.45) is 3.41. The van der Waals surface area contributed by atoms with E-state index in [1.54, 1.807) is 65.1 Å². The molecule has 0 unspecified atom stereocenters. The minimum absolute atomic E-state index is 0.0789. The molecule has 1 fully saturated rings. The summed E-state index contributed by atoms with van der Waals surface area (Å²) in [6, 6.07) is 11.7. The van der Waals surface area contributed by atoms with E-state index in [9.17, 15) is 13.2 Å². The lowest BCUT2D eigenvalue weighted by Gasteiger charge is -2.34. The molecule has 0 saturated carbocycles. The Balaban J connectivity index is 1.29. The summed E-state index contributed by atoms with van der Waals surface area (Å²) in [7, 11) is -2.08. The molecule has 0 N–H and O–H groups in total. The maximum absolute atomic E-state index is 12.6. The van der Waals surface area contributed by atoms with Gasteiger partial charge in [-0.2, -0.15) is 0 Å². The molecular weight excluding hydrogens is 450 g/mol. The Hall–Kier alpha value is -3.18. The average Bonchev–Trinajstić information content (AvgIpc) is 3.39. The zero-order valence-electron chi connectivity index (χ0n) is 17.5. The van der Waals surface area contributed by atoms with Gasteiger partial charge in [0.1, 0.15) is 9.96 Å². The van der Waals surface area contributed by atoms with Crippen LogP contribution in [0.5, 0.6) is 5.75 Å². The number of amides is 1. The molecule has 1 aliphatic heterocycles. The highest BCUT2D eigenvalue weighted by Crippen LogP contribution is 2.26. The number of carbonyl (C=O) groups excluding carboxylic acids is 1. The maximum Gasteiger partial charge on any atom is 0.273 e. The van der Waals surface area contributed by atoms with Crippen molar-refractivity contribution in [2.45, 2.75) is 4.21 Å². The molecule has 9 nitrogen and oxygen atoms in total. The number of piperazine rings is 1. The third-order valence-electron chi connectivity index (χ3n) is 5.14. The Morgan fingerprint density at radius 3 is 2.38 bits per heavy atom. The van der Waals surface area contributed by atoms with E-state index < -0.39 is 10.0 Å². The predicted octanol–water partition coefficient (Wildman–Crippen LogP) is 2.09. The highest BCUT2D eigenvalue weighted by molar-refractivity contribution is 7.94. The number of benzene rings is 1. The fourth-order valence-electron chi connectivity index (χ4n) is 3.28. The van der Waals surface area contributed by atoms with Crippen LogP contribution in [-0.4, -0.2) is 69.0 Å². The van der Waals surface area contributed by atoms with Crippen molar-refractivity contribution in [3.8, 4) is 5.75 Å². The zero-order chi connectivity index (χ0) is 22.6. The molecule has 1 aromatic carbocycles. The molecule has 2 aromatic heterocycles. The van der Waals surface area contributed by atoms with Crippen LogP contribution in [0, 0.1) is 0 Å². The molecule has 168 valence electrons. The van der Waals surface area contributed by atoms with Gasteiger partial charge in [0.05, 0.1) is 5.69 Å². The van der Waals surface area contributed by atoms with Crippen LogP contribution in [0.4, 0.5) is 11.6 Å². The molecule has 0 bridgehead atoms. The first kappa shape index (κ1) is 22.0. The lowest BCUT2D eigenvalue weighted by atomic mass is 10.3. The fourth-order valence-corrected chi connectivity index (χ4v) is 5.64. The molecule has 0 radical (unpaired) electrons. The molecule has 11 heteroatoms. The Morgan fingerprint density at radius 2 is 1.75 bits per heavy atom. The number of sulfonamides is 1. The molecule has 3 aromatic rings. The van der Waals surface area contributed by atoms with Crippen LogP contribution >= 0.6 is 11.3 Å². The van der Waals surface area contributed by atoms with Crippen molar-refractivity contribution < 1.29 is 17.9 Å². The monoisotopic (exact) mass is 473 g/mol. The topological polar surface area (TPSA) is 95.9 Å². The van der Waals surface area contributed by atoms with E-state index in [0.29, 0.717) is 43.6 Å². The van der Waals surface area contributed by atoms with E-state index in [0.717, 1.165) is 0 Å². The third-order valence-corrected chi connectivity index (χ3v) is 8.30. The summed E-state index contributed by atoms with van der Waals surface area (Å²) in [5, 5.41) is 1.73. The number of thiophene rings is 1. The number of hydrogen-bond acceptors (Lipinski definition) is 8. The van der Waals surface area contributed by atoms with Gasteiger partial charge in [-0.3, -0.25) is 9.10 Å². The SMILES string of the molecule is CN(c1ccc(OCC(=O)N2CCN(c3ncccn3)CC2)cc1)S(=O)(=O)c1cccs1. The van der Waals surface area contributed by atoms with Crippen molar-refractivity contribution in [3.05, 3.63) is 60.2 Å². The van der Waals surface area contributed by atoms with Gasteiger partial charge < -0.3 is 14.5 Å². The quantitative estimate of drug-likeness (QED) is 0.518. The molecule has 1 amide bonds. The van der Waals surface area contributed by atoms with Gasteiger partial charge in [0.2, 0.25) is 5.95 Å². The maximum atomic E-state index is 12.6. The molecular formula is C21H23N5O4S2. The molecule has 1 saturated heterocycles. The van der Waals surface area contributed by atoms with Gasteiger partial charge in [-0.25, -0.2) is 18.4 Å². The molecule has 1 aliphatic rings. The van der Waals surface area contributed by atoms with Crippen molar-refractivity contribution in [2.75, 3.05) is 49.0 Å². The average molecular weight is 474 g/mol. The van der Waals surface area contributed by atoms with E-state index >= 15 is 0 Å². The number of aromatic nitrogens is 2. The molecule has 4 rings (SSSR count). The normalized spacial score (nSPS) is 14.3. The highest BCUT2D eigenvalue weighted by Gasteiger charge is 2.24. The van der Waals surface area contributed by atoms with Crippen LogP contribution in [-0.2, 0) is 14.8 Å². The molecule has 0 atom stereocenters. The summed E-state index contributed by atoms with van der Waals surface area (Å²) in [4.78, 5) is 24.8. The summed E-state index contributed by atoms with van der Waals surface area (Å²) in [5.74, 6) is 1.07. The first-order valence-electron chi connectivity index (χ1n) is 10.0. The minimum atomic E-state index is -3.59. The summed E-state index contributed by atoms with van der Waals surface area (Å²) >= 11 is 1.17. The minimum Gasteiger partial charge on any atom is -0.484 e. The van der Waals surface area contributed by atoms with Crippen LogP contribution < -0.4 is 13.9 Å². The van der Waals surface area contributed by atoms with Crippen LogP contribution in [0.3, 0.4) is 0 Å². The molecule has 32 heavy (non-hydrogen) atoms. The van der Waals surface area contributed by atoms with Crippen LogP contribution in [0.2, 0.25) is 0 Å². The summed E-state index contributed by atoms with van der Waals surface area (Å²) in [5.41, 5.74) is 0.510. The number of carbonyl (C=O) groups is 1. The van der Waals surface area contributed by atoms with Gasteiger partial charge in [0.15, 0.2) is 6.61 Å². The zero-order valence-corrected chi connectivity index (χ0v) is 19.1. The van der Waals surface area contributed by atoms with Gasteiger partial charge >= 0.3 is 0 Å². The summed E-state index contributed by atoms with van der Waals surface area (Å²) < 4.78 is 32.4. The molecule has 0 spiro atoms. The second kappa shape index (κ2) is 9.53. The smallest absolute Gasteiger partial charge is 0.273 e. The van der Waals surface area contributed by atoms with Crippen LogP contribution in [0.1, 0.15) is 0 Å². The number of hydrogen-bond donors (Lipinski definition) is 0. The fraction of sp³-hybridized carbons (Fsp3) is 0.286. The van der Waals surface area contributed by atoms with Gasteiger partial charge in [0.25, 0.3) is 15.9 Å². The van der Waals surface area contributed by atoms with Crippen molar-refractivity contribution in [1.29, 1.82) is 0 Å². The highest BCUT2D eigenvalue weighted by atomic mass is 32.2. The number of rotatable bonds is 7. The van der Waals surface area contributed by atoms with Crippen LogP contribution in [0.25, 0.3) is 0 Å². The lowest BCUT2D eigenvalue weighted by Crippen LogP contribution is -2.50. The molecule has 0 aliphatic carbocycles. The second-order valence-electron chi connectivity index (χ2n) is 7.10. The Bertz CT molecular complexity index is 1130. The standard InChI is InChI=1S/C21H23N5O4S2/c1-24(32(28,29)20-4-2-15-31-20)17-5-7-18(8-6-17)30-16-19(27)25-11-13-26(14-12-25)21-22-9-3-10-23-21/h2-10,15H,11-14,16H2,1H3. The second-order valence-corrected chi connectivity index (χ2v) is 10.2. The van der Waals surface area contributed by atoms with E-state index in [2.05, 4.69) is 9.97 Å². The third kappa shape index (κ3) is 4.83.